The topological polar surface area (TPSA) is 30.9 Å². The summed E-state index contributed by atoms with van der Waals surface area (Å²) in [5.41, 5.74) is 1.70. The van der Waals surface area contributed by atoms with Gasteiger partial charge in [0.25, 0.3) is 0 Å². The van der Waals surface area contributed by atoms with Crippen molar-refractivity contribution < 1.29 is 14.0 Å². The summed E-state index contributed by atoms with van der Waals surface area (Å²) >= 11 is 2.10. The second kappa shape index (κ2) is 7.74. The summed E-state index contributed by atoms with van der Waals surface area (Å²) in [6.45, 7) is 13.9. The Balaban J connectivity index is 1.85. The lowest BCUT2D eigenvalue weighted by atomic mass is 9.75. The average Bonchev–Trinajstić information content (AvgIpc) is 2.82. The van der Waals surface area contributed by atoms with Gasteiger partial charge in [0.05, 0.1) is 18.3 Å². The van der Waals surface area contributed by atoms with E-state index in [2.05, 4.69) is 63.4 Å². The maximum atomic E-state index is 6.31. The third-order valence-electron chi connectivity index (χ3n) is 5.93. The van der Waals surface area contributed by atoms with Crippen LogP contribution in [0.1, 0.15) is 46.6 Å². The molecule has 0 amide bonds. The predicted molar refractivity (Wildman–Crippen MR) is 111 cm³/mol. The Morgan fingerprint density at radius 2 is 1.92 bits per heavy atom. The van der Waals surface area contributed by atoms with Crippen LogP contribution in [-0.4, -0.2) is 54.4 Å². The van der Waals surface area contributed by atoms with E-state index in [0.29, 0.717) is 0 Å². The van der Waals surface area contributed by atoms with E-state index in [1.54, 1.807) is 7.11 Å². The Morgan fingerprint density at radius 3 is 2.54 bits per heavy atom. The summed E-state index contributed by atoms with van der Waals surface area (Å²) in [5, 5.41) is 0.731. The molecule has 0 aromatic heterocycles. The minimum Gasteiger partial charge on any atom is -0.497 e. The summed E-state index contributed by atoms with van der Waals surface area (Å²) < 4.78 is 18.1. The molecule has 2 saturated heterocycles. The van der Waals surface area contributed by atoms with Crippen molar-refractivity contribution in [1.29, 1.82) is 0 Å². The van der Waals surface area contributed by atoms with Gasteiger partial charge in [-0.15, -0.1) is 0 Å². The normalized spacial score (nSPS) is 25.5. The highest BCUT2D eigenvalue weighted by atomic mass is 32.2. The molecule has 2 heterocycles. The van der Waals surface area contributed by atoms with Crippen LogP contribution in [0.3, 0.4) is 0 Å². The number of thioether (sulfide) groups is 1. The molecule has 1 atom stereocenters. The Kier molecular flexibility index (Phi) is 5.97. The Morgan fingerprint density at radius 1 is 1.23 bits per heavy atom. The van der Waals surface area contributed by atoms with Crippen LogP contribution in [0.5, 0.6) is 5.75 Å². The lowest BCUT2D eigenvalue weighted by Gasteiger charge is -2.32. The van der Waals surface area contributed by atoms with E-state index in [0.717, 1.165) is 36.1 Å². The van der Waals surface area contributed by atoms with Crippen LogP contribution in [0.25, 0.3) is 0 Å². The maximum Gasteiger partial charge on any atom is 0.495 e. The summed E-state index contributed by atoms with van der Waals surface area (Å²) in [4.78, 5) is 2.55. The number of hydrogen-bond donors (Lipinski definition) is 0. The monoisotopic (exact) mass is 377 g/mol. The highest BCUT2D eigenvalue weighted by molar-refractivity contribution is 8.00. The van der Waals surface area contributed by atoms with E-state index in [1.165, 1.54) is 17.7 Å². The molecule has 144 valence electrons. The van der Waals surface area contributed by atoms with Gasteiger partial charge in [-0.1, -0.05) is 13.0 Å². The molecule has 3 rings (SSSR count). The zero-order valence-electron chi connectivity index (χ0n) is 17.0. The van der Waals surface area contributed by atoms with Gasteiger partial charge in [0.2, 0.25) is 0 Å². The van der Waals surface area contributed by atoms with Crippen molar-refractivity contribution in [3.05, 3.63) is 23.8 Å². The van der Waals surface area contributed by atoms with Gasteiger partial charge in [-0.05, 0) is 57.3 Å². The standard InChI is InChI=1S/C20H32BNO3S/c1-7-17-14-22(10-11-26-17)13-15-12-16(23-6)8-9-18(15)21-24-19(2,3)20(4,5)25-21/h8-9,12,17H,7,10-11,13-14H2,1-6H3. The summed E-state index contributed by atoms with van der Waals surface area (Å²) in [5.74, 6) is 2.09. The van der Waals surface area contributed by atoms with Gasteiger partial charge in [-0.3, -0.25) is 4.90 Å². The summed E-state index contributed by atoms with van der Waals surface area (Å²) in [6.07, 6.45) is 1.23. The molecule has 1 aromatic carbocycles. The van der Waals surface area contributed by atoms with E-state index in [9.17, 15) is 0 Å². The van der Waals surface area contributed by atoms with Crippen LogP contribution in [-0.2, 0) is 15.9 Å². The minimum atomic E-state index is -0.331. The molecule has 1 unspecified atom stereocenters. The molecule has 26 heavy (non-hydrogen) atoms. The van der Waals surface area contributed by atoms with Crippen LogP contribution >= 0.6 is 11.8 Å². The molecule has 6 heteroatoms. The van der Waals surface area contributed by atoms with Crippen molar-refractivity contribution in [3.8, 4) is 5.75 Å². The van der Waals surface area contributed by atoms with Gasteiger partial charge >= 0.3 is 7.12 Å². The van der Waals surface area contributed by atoms with Crippen LogP contribution < -0.4 is 10.2 Å². The van der Waals surface area contributed by atoms with Crippen molar-refractivity contribution in [2.24, 2.45) is 0 Å². The van der Waals surface area contributed by atoms with Gasteiger partial charge < -0.3 is 14.0 Å². The van der Waals surface area contributed by atoms with Crippen LogP contribution in [0.15, 0.2) is 18.2 Å². The quantitative estimate of drug-likeness (QED) is 0.735. The first kappa shape index (κ1) is 20.1. The summed E-state index contributed by atoms with van der Waals surface area (Å²) in [6, 6.07) is 6.25. The van der Waals surface area contributed by atoms with E-state index >= 15 is 0 Å². The lowest BCUT2D eigenvalue weighted by Crippen LogP contribution is -2.41. The van der Waals surface area contributed by atoms with Gasteiger partial charge in [0, 0.05) is 30.6 Å². The fraction of sp³-hybridized carbons (Fsp3) is 0.700. The second-order valence-corrected chi connectivity index (χ2v) is 9.70. The highest BCUT2D eigenvalue weighted by Gasteiger charge is 2.52. The molecule has 0 spiro atoms. The zero-order valence-corrected chi connectivity index (χ0v) is 17.8. The van der Waals surface area contributed by atoms with Gasteiger partial charge in [-0.2, -0.15) is 11.8 Å². The molecule has 2 aliphatic heterocycles. The molecule has 0 saturated carbocycles. The van der Waals surface area contributed by atoms with E-state index in [1.807, 2.05) is 6.07 Å². The summed E-state index contributed by atoms with van der Waals surface area (Å²) in [7, 11) is 1.39. The van der Waals surface area contributed by atoms with Crippen molar-refractivity contribution in [1.82, 2.24) is 4.90 Å². The highest BCUT2D eigenvalue weighted by Crippen LogP contribution is 2.37. The third-order valence-corrected chi connectivity index (χ3v) is 7.30. The number of nitrogens with zero attached hydrogens (tertiary/aromatic N) is 1. The Hall–Kier alpha value is -0.685. The largest absolute Gasteiger partial charge is 0.497 e. The van der Waals surface area contributed by atoms with Gasteiger partial charge in [0.15, 0.2) is 0 Å². The number of benzene rings is 1. The first-order valence-electron chi connectivity index (χ1n) is 9.62. The molecule has 2 fully saturated rings. The maximum absolute atomic E-state index is 6.31. The molecular weight excluding hydrogens is 345 g/mol. The van der Waals surface area contributed by atoms with Gasteiger partial charge in [-0.25, -0.2) is 0 Å². The van der Waals surface area contributed by atoms with Crippen molar-refractivity contribution >= 4 is 24.3 Å². The average molecular weight is 377 g/mol. The Bertz CT molecular complexity index is 621. The SMILES string of the molecule is CCC1CN(Cc2cc(OC)ccc2B2OC(C)(C)C(C)(C)O2)CCS1. The van der Waals surface area contributed by atoms with E-state index in [4.69, 9.17) is 14.0 Å². The second-order valence-electron chi connectivity index (χ2n) is 8.29. The van der Waals surface area contributed by atoms with Crippen LogP contribution in [0.4, 0.5) is 0 Å². The molecule has 2 aliphatic rings. The number of methoxy groups -OCH3 is 1. The number of ether oxygens (including phenoxy) is 1. The van der Waals surface area contributed by atoms with E-state index < -0.39 is 0 Å². The molecule has 0 bridgehead atoms. The fourth-order valence-corrected chi connectivity index (χ4v) is 4.71. The zero-order chi connectivity index (χ0) is 18.9. The molecular formula is C20H32BNO3S. The molecule has 0 radical (unpaired) electrons. The fourth-order valence-electron chi connectivity index (χ4n) is 3.46. The molecule has 0 N–H and O–H groups in total. The molecule has 1 aromatic rings. The first-order chi connectivity index (χ1) is 12.3. The third kappa shape index (κ3) is 4.08. The Labute approximate surface area is 163 Å². The van der Waals surface area contributed by atoms with Crippen LogP contribution in [0, 0.1) is 0 Å². The van der Waals surface area contributed by atoms with Crippen molar-refractivity contribution in [2.75, 3.05) is 26.0 Å². The van der Waals surface area contributed by atoms with Crippen molar-refractivity contribution in [3.63, 3.8) is 0 Å². The number of rotatable bonds is 5. The molecule has 4 nitrogen and oxygen atoms in total. The van der Waals surface area contributed by atoms with E-state index in [-0.39, 0.29) is 18.3 Å². The predicted octanol–water partition coefficient (Wildman–Crippen LogP) is 3.32. The lowest BCUT2D eigenvalue weighted by molar-refractivity contribution is 0.00578. The first-order valence-corrected chi connectivity index (χ1v) is 10.7. The van der Waals surface area contributed by atoms with Gasteiger partial charge in [0.1, 0.15) is 5.75 Å². The number of hydrogen-bond acceptors (Lipinski definition) is 5. The molecule has 0 aliphatic carbocycles. The smallest absolute Gasteiger partial charge is 0.495 e. The minimum absolute atomic E-state index is 0.329. The van der Waals surface area contributed by atoms with Crippen LogP contribution in [0.2, 0.25) is 0 Å². The van der Waals surface area contributed by atoms with Crippen molar-refractivity contribution in [2.45, 2.75) is 64.0 Å².